The minimum Gasteiger partial charge on any atom is -0.400 e. The number of carbonyl (C=O) groups is 4. The number of rotatable bonds is 18. The van der Waals surface area contributed by atoms with Crippen molar-refractivity contribution in [2.45, 2.75) is 106 Å². The van der Waals surface area contributed by atoms with Gasteiger partial charge in [0.25, 0.3) is 0 Å². The van der Waals surface area contributed by atoms with Gasteiger partial charge in [-0.3, -0.25) is 9.59 Å². The van der Waals surface area contributed by atoms with Gasteiger partial charge in [0, 0.05) is 47.7 Å². The number of hydrogen-bond acceptors (Lipinski definition) is 9. The summed E-state index contributed by atoms with van der Waals surface area (Å²) in [7, 11) is 11.1. The zero-order valence-corrected chi connectivity index (χ0v) is 34.7. The number of nitrogens with zero attached hydrogens (tertiary/aromatic N) is 2. The van der Waals surface area contributed by atoms with Gasteiger partial charge in [-0.1, -0.05) is 98.1 Å². The molecule has 0 fully saturated rings. The van der Waals surface area contributed by atoms with Crippen LogP contribution in [-0.4, -0.2) is 126 Å². The Hall–Kier alpha value is -2.70. The summed E-state index contributed by atoms with van der Waals surface area (Å²) in [4.78, 5) is 46.5. The molecule has 5 N–H and O–H groups in total. The smallest absolute Gasteiger partial charge is 0.244 e. The molecule has 1 aromatic carbocycles. The molecule has 0 aliphatic heterocycles. The molecule has 0 saturated heterocycles. The fourth-order valence-electron chi connectivity index (χ4n) is 3.61. The SMILES string of the molecule is CCC.CCCN(C)CCC=O.CC[C@H](C)CCCC=O.CNCC(=O)NC(C(=O)N(C)C)C(C)C.CNCCc1ccccc1.CO.CO. The highest BCUT2D eigenvalue weighted by atomic mass is 16.2. The van der Waals surface area contributed by atoms with Crippen molar-refractivity contribution in [3.8, 4) is 0 Å². The van der Waals surface area contributed by atoms with Crippen molar-refractivity contribution in [3.05, 3.63) is 35.9 Å². The summed E-state index contributed by atoms with van der Waals surface area (Å²) in [5.74, 6) is 0.645. The molecule has 0 bridgehead atoms. The Kier molecular flexibility index (Phi) is 60.2. The molecule has 1 rings (SSSR count). The number of hydrogen-bond donors (Lipinski definition) is 5. The van der Waals surface area contributed by atoms with Crippen LogP contribution in [0, 0.1) is 11.8 Å². The van der Waals surface area contributed by atoms with Crippen molar-refractivity contribution in [1.29, 1.82) is 0 Å². The molecular formula is C39H81N5O6. The first-order chi connectivity index (χ1) is 23.9. The van der Waals surface area contributed by atoms with Gasteiger partial charge in [0.05, 0.1) is 6.54 Å². The topological polar surface area (TPSA) is 151 Å². The van der Waals surface area contributed by atoms with E-state index in [9.17, 15) is 19.2 Å². The predicted octanol–water partition coefficient (Wildman–Crippen LogP) is 4.84. The summed E-state index contributed by atoms with van der Waals surface area (Å²) < 4.78 is 0. The molecule has 0 aliphatic rings. The second-order valence-electron chi connectivity index (χ2n) is 12.0. The maximum atomic E-state index is 11.7. The van der Waals surface area contributed by atoms with Gasteiger partial charge in [-0.15, -0.1) is 0 Å². The Morgan fingerprint density at radius 2 is 1.34 bits per heavy atom. The Labute approximate surface area is 308 Å². The van der Waals surface area contributed by atoms with Gasteiger partial charge in [-0.05, 0) is 70.9 Å². The van der Waals surface area contributed by atoms with Crippen LogP contribution in [0.15, 0.2) is 30.3 Å². The molecular weight excluding hydrogens is 634 g/mol. The molecule has 2 amide bonds. The van der Waals surface area contributed by atoms with Crippen LogP contribution in [0.3, 0.4) is 0 Å². The van der Waals surface area contributed by atoms with E-state index >= 15 is 0 Å². The van der Waals surface area contributed by atoms with Crippen LogP contribution in [0.5, 0.6) is 0 Å². The Morgan fingerprint density at radius 1 is 0.820 bits per heavy atom. The van der Waals surface area contributed by atoms with Crippen molar-refractivity contribution >= 4 is 24.4 Å². The van der Waals surface area contributed by atoms with Gasteiger partial charge >= 0.3 is 0 Å². The Bertz CT molecular complexity index is 813. The van der Waals surface area contributed by atoms with E-state index < -0.39 is 6.04 Å². The molecule has 0 heterocycles. The molecule has 50 heavy (non-hydrogen) atoms. The molecule has 2 atom stereocenters. The standard InChI is InChI=1S/C10H21N3O2.C9H13N.C8H16O.C7H15NO.C3H8.2CH4O/c1-7(2)9(10(15)13(4)5)12-8(14)6-11-3;1-10-8-7-9-5-3-2-4-6-9;1-3-8(2)6-4-5-7-9;1-3-5-8(2)6-4-7-9;1-3-2;2*1-2/h7,9,11H,6H2,1-5H3,(H,12,14);2-6,10H,7-8H2,1H3;7-8H,3-6H2,1-2H3;7H,3-6H2,1-2H3;3H2,1-2H3;2*2H,1H3/t;;8-;;;;/m..0..../s1. The molecule has 0 aliphatic carbocycles. The number of likely N-dealkylation sites (N-methyl/N-ethyl adjacent to an activating group) is 3. The Morgan fingerprint density at radius 3 is 1.72 bits per heavy atom. The molecule has 1 unspecified atom stereocenters. The van der Waals surface area contributed by atoms with E-state index in [2.05, 4.69) is 79.7 Å². The number of aldehydes is 2. The summed E-state index contributed by atoms with van der Waals surface area (Å²) in [6.07, 6.45) is 10.4. The average Bonchev–Trinajstić information content (AvgIpc) is 3.12. The van der Waals surface area contributed by atoms with Gasteiger partial charge in [-0.2, -0.15) is 0 Å². The lowest BCUT2D eigenvalue weighted by molar-refractivity contribution is -0.135. The highest BCUT2D eigenvalue weighted by Gasteiger charge is 2.24. The zero-order valence-electron chi connectivity index (χ0n) is 34.7. The first-order valence-electron chi connectivity index (χ1n) is 18.2. The van der Waals surface area contributed by atoms with E-state index in [1.165, 1.54) is 29.7 Å². The number of aliphatic hydroxyl groups is 2. The summed E-state index contributed by atoms with van der Waals surface area (Å²) in [6, 6.07) is 10.0. The number of unbranched alkanes of at least 4 members (excludes halogenated alkanes) is 1. The lowest BCUT2D eigenvalue weighted by Gasteiger charge is -2.24. The molecule has 0 spiro atoms. The van der Waals surface area contributed by atoms with Gasteiger partial charge < -0.3 is 45.6 Å². The van der Waals surface area contributed by atoms with E-state index in [4.69, 9.17) is 10.2 Å². The number of aliphatic hydroxyl groups excluding tert-OH is 2. The highest BCUT2D eigenvalue weighted by Crippen LogP contribution is 2.09. The number of amides is 2. The van der Waals surface area contributed by atoms with Crippen LogP contribution >= 0.6 is 0 Å². The second-order valence-corrected chi connectivity index (χ2v) is 12.0. The number of nitrogens with one attached hydrogen (secondary N) is 3. The molecule has 1 aromatic rings. The van der Waals surface area contributed by atoms with Crippen LogP contribution < -0.4 is 16.0 Å². The molecule has 11 heteroatoms. The van der Waals surface area contributed by atoms with Gasteiger partial charge in [-0.25, -0.2) is 0 Å². The number of benzene rings is 1. The third-order valence-electron chi connectivity index (χ3n) is 6.48. The van der Waals surface area contributed by atoms with Crippen molar-refractivity contribution < 1.29 is 29.4 Å². The third-order valence-corrected chi connectivity index (χ3v) is 6.48. The highest BCUT2D eigenvalue weighted by molar-refractivity contribution is 5.88. The second kappa shape index (κ2) is 50.7. The van der Waals surface area contributed by atoms with Crippen LogP contribution in [0.25, 0.3) is 0 Å². The third kappa shape index (κ3) is 49.7. The van der Waals surface area contributed by atoms with Crippen molar-refractivity contribution in [2.24, 2.45) is 11.8 Å². The fraction of sp³-hybridized carbons (Fsp3) is 0.744. The van der Waals surface area contributed by atoms with E-state index in [0.717, 1.165) is 78.0 Å². The van der Waals surface area contributed by atoms with E-state index in [0.29, 0.717) is 6.42 Å². The van der Waals surface area contributed by atoms with Crippen molar-refractivity contribution in [2.75, 3.05) is 75.6 Å². The van der Waals surface area contributed by atoms with Gasteiger partial charge in [0.15, 0.2) is 0 Å². The van der Waals surface area contributed by atoms with Crippen LogP contribution in [0.4, 0.5) is 0 Å². The molecule has 0 radical (unpaired) electrons. The van der Waals surface area contributed by atoms with Crippen molar-refractivity contribution in [3.63, 3.8) is 0 Å². The lowest BCUT2D eigenvalue weighted by atomic mass is 10.0. The maximum Gasteiger partial charge on any atom is 0.244 e. The molecule has 298 valence electrons. The largest absolute Gasteiger partial charge is 0.400 e. The summed E-state index contributed by atoms with van der Waals surface area (Å²) in [5.41, 5.74) is 1.40. The minimum atomic E-state index is -0.444. The summed E-state index contributed by atoms with van der Waals surface area (Å²) >= 11 is 0. The molecule has 0 saturated carbocycles. The van der Waals surface area contributed by atoms with Gasteiger partial charge in [0.1, 0.15) is 18.6 Å². The fourth-order valence-corrected chi connectivity index (χ4v) is 3.61. The van der Waals surface area contributed by atoms with E-state index in [-0.39, 0.29) is 24.3 Å². The zero-order chi connectivity index (χ0) is 40.2. The van der Waals surface area contributed by atoms with E-state index in [1.807, 2.05) is 34.0 Å². The molecule has 0 aromatic heterocycles. The maximum absolute atomic E-state index is 11.7. The lowest BCUT2D eigenvalue weighted by Crippen LogP contribution is -2.50. The van der Waals surface area contributed by atoms with Gasteiger partial charge in [0.2, 0.25) is 11.8 Å². The first kappa shape index (κ1) is 59.4. The monoisotopic (exact) mass is 716 g/mol. The van der Waals surface area contributed by atoms with E-state index in [1.54, 1.807) is 21.1 Å². The quantitative estimate of drug-likeness (QED) is 0.106. The first-order valence-corrected chi connectivity index (χ1v) is 18.2. The predicted molar refractivity (Wildman–Crippen MR) is 214 cm³/mol. The minimum absolute atomic E-state index is 0.0746. The average molecular weight is 716 g/mol. The number of carbonyl (C=O) groups excluding carboxylic acids is 4. The van der Waals surface area contributed by atoms with Crippen LogP contribution in [0.2, 0.25) is 0 Å². The Balaban J connectivity index is -0.000000124. The van der Waals surface area contributed by atoms with Crippen molar-refractivity contribution in [1.82, 2.24) is 25.8 Å². The normalized spacial score (nSPS) is 10.4. The van der Waals surface area contributed by atoms with Crippen LogP contribution in [-0.2, 0) is 25.6 Å². The molecule has 11 nitrogen and oxygen atoms in total. The van der Waals surface area contributed by atoms with Crippen LogP contribution in [0.1, 0.15) is 99.0 Å². The summed E-state index contributed by atoms with van der Waals surface area (Å²) in [5, 5.41) is 22.6. The summed E-state index contributed by atoms with van der Waals surface area (Å²) in [6.45, 7) is 17.9.